The predicted molar refractivity (Wildman–Crippen MR) is 107 cm³/mol. The molecule has 0 radical (unpaired) electrons. The molecule has 4 heteroatoms. The van der Waals surface area contributed by atoms with E-state index in [1.807, 2.05) is 5.83 Å². The minimum absolute atomic E-state index is 0.542. The van der Waals surface area contributed by atoms with Crippen molar-refractivity contribution in [1.29, 1.82) is 0 Å². The van der Waals surface area contributed by atoms with Gasteiger partial charge in [-0.15, -0.1) is 0 Å². The highest BCUT2D eigenvalue weighted by Gasteiger charge is 2.38. The summed E-state index contributed by atoms with van der Waals surface area (Å²) in [7, 11) is 2.27. The third-order valence-corrected chi connectivity index (χ3v) is 5.94. The highest BCUT2D eigenvalue weighted by atomic mass is 79.9. The number of nitrogens with one attached hydrogen (secondary N) is 1. The first-order chi connectivity index (χ1) is 11.1. The molecule has 1 aromatic carbocycles. The first-order valence-electron chi connectivity index (χ1n) is 8.15. The van der Waals surface area contributed by atoms with Gasteiger partial charge in [0, 0.05) is 23.5 Å². The van der Waals surface area contributed by atoms with Crippen molar-refractivity contribution in [2.24, 2.45) is 11.8 Å². The molecule has 0 bridgehead atoms. The number of benzene rings is 1. The molecule has 2 unspecified atom stereocenters. The number of H-pyrrole nitrogens is 1. The van der Waals surface area contributed by atoms with Gasteiger partial charge in [-0.1, -0.05) is 48.0 Å². The molecule has 1 saturated heterocycles. The van der Waals surface area contributed by atoms with Crippen LogP contribution < -0.4 is 0 Å². The van der Waals surface area contributed by atoms with E-state index >= 15 is 0 Å². The second kappa shape index (κ2) is 6.73. The zero-order valence-electron chi connectivity index (χ0n) is 14.2. The van der Waals surface area contributed by atoms with Crippen molar-refractivity contribution in [2.45, 2.75) is 26.3 Å². The maximum atomic E-state index is 3.74. The average molecular weight is 440 g/mol. The fourth-order valence-corrected chi connectivity index (χ4v) is 4.69. The van der Waals surface area contributed by atoms with E-state index in [4.69, 9.17) is 0 Å². The van der Waals surface area contributed by atoms with E-state index in [2.05, 4.69) is 86.9 Å². The van der Waals surface area contributed by atoms with Crippen LogP contribution in [0.2, 0.25) is 0 Å². The van der Waals surface area contributed by atoms with Gasteiger partial charge in [-0.2, -0.15) is 0 Å². The molecule has 0 spiro atoms. The Balaban J connectivity index is 0.000000753. The molecule has 2 atom stereocenters. The van der Waals surface area contributed by atoms with Crippen LogP contribution in [0.3, 0.4) is 0 Å². The summed E-state index contributed by atoms with van der Waals surface area (Å²) >= 11 is 6.67. The van der Waals surface area contributed by atoms with Gasteiger partial charge < -0.3 is 4.98 Å². The molecular weight excluding hydrogens is 416 g/mol. The summed E-state index contributed by atoms with van der Waals surface area (Å²) in [5, 5.41) is 1.40. The van der Waals surface area contributed by atoms with Gasteiger partial charge in [0.05, 0.1) is 4.60 Å². The lowest BCUT2D eigenvalue weighted by Crippen LogP contribution is -2.27. The van der Waals surface area contributed by atoms with Crippen molar-refractivity contribution in [3.63, 3.8) is 0 Å². The van der Waals surface area contributed by atoms with Gasteiger partial charge in [-0.25, -0.2) is 0 Å². The fourth-order valence-electron chi connectivity index (χ4n) is 4.12. The summed E-state index contributed by atoms with van der Waals surface area (Å²) in [6, 6.07) is 7.14. The van der Waals surface area contributed by atoms with Crippen molar-refractivity contribution in [1.82, 2.24) is 9.88 Å². The molecule has 1 aromatic heterocycles. The molecule has 2 nitrogen and oxygen atoms in total. The van der Waals surface area contributed by atoms with Gasteiger partial charge >= 0.3 is 0 Å². The average Bonchev–Trinajstić information content (AvgIpc) is 2.94. The predicted octanol–water partition coefficient (Wildman–Crippen LogP) is 5.47. The lowest BCUT2D eigenvalue weighted by molar-refractivity contribution is 0.303. The summed E-state index contributed by atoms with van der Waals surface area (Å²) in [6.07, 6.45) is 3.57. The number of likely N-dealkylation sites (N-methyl/N-ethyl adjacent to an activating group) is 1. The van der Waals surface area contributed by atoms with Crippen LogP contribution in [0.25, 0.3) is 17.0 Å². The van der Waals surface area contributed by atoms with Crippen LogP contribution in [0.15, 0.2) is 28.4 Å². The summed E-state index contributed by atoms with van der Waals surface area (Å²) in [5.74, 6) is 3.19. The zero-order chi connectivity index (χ0) is 16.7. The molecule has 124 valence electrons. The molecule has 4 rings (SSSR count). The van der Waals surface area contributed by atoms with Crippen LogP contribution in [-0.2, 0) is 6.42 Å². The molecule has 1 fully saturated rings. The largest absolute Gasteiger partial charge is 0.349 e. The lowest BCUT2D eigenvalue weighted by atomic mass is 9.87. The Bertz CT molecular complexity index is 745. The molecule has 1 aliphatic carbocycles. The van der Waals surface area contributed by atoms with Crippen LogP contribution in [0.5, 0.6) is 0 Å². The number of halogens is 2. The maximum absolute atomic E-state index is 3.74. The topological polar surface area (TPSA) is 19.0 Å². The van der Waals surface area contributed by atoms with Gasteiger partial charge in [0.25, 0.3) is 0 Å². The van der Waals surface area contributed by atoms with E-state index in [0.717, 1.165) is 11.0 Å². The Morgan fingerprint density at radius 3 is 2.70 bits per heavy atom. The van der Waals surface area contributed by atoms with Crippen LogP contribution in [0.1, 0.15) is 25.0 Å². The molecule has 1 N–H and O–H groups in total. The molecular formula is C19H24Br2N2. The minimum Gasteiger partial charge on any atom is -0.349 e. The number of aromatic nitrogens is 1. The number of hydrogen-bond donors (Lipinski definition) is 1. The van der Waals surface area contributed by atoms with E-state index in [0.29, 0.717) is 17.9 Å². The zero-order valence-corrected chi connectivity index (χ0v) is 17.3. The third-order valence-electron chi connectivity index (χ3n) is 5.26. The van der Waals surface area contributed by atoms with Crippen LogP contribution in [0, 0.1) is 11.8 Å². The monoisotopic (exact) mass is 438 g/mol. The van der Waals surface area contributed by atoms with Crippen molar-refractivity contribution in [2.75, 3.05) is 19.4 Å². The number of rotatable bonds is 1. The van der Waals surface area contributed by atoms with Crippen LogP contribution in [0.4, 0.5) is 0 Å². The number of fused-ring (bicyclic) bond motifs is 1. The third kappa shape index (κ3) is 2.83. The van der Waals surface area contributed by atoms with Crippen molar-refractivity contribution < 1.29 is 0 Å². The highest BCUT2D eigenvalue weighted by Crippen LogP contribution is 2.42. The van der Waals surface area contributed by atoms with E-state index in [1.54, 1.807) is 5.57 Å². The standard InChI is InChI=1S/C18H21BrN2.CH3Br/c1-10(2)14-9-21(3)16-8-13-17-11(7-12(14)16)5-4-6-15(17)20-18(13)19;1-2/h4-7,10,14,16,20H,8-9H2,1-3H3;1H3. The smallest absolute Gasteiger partial charge is 0.0864 e. The highest BCUT2D eigenvalue weighted by molar-refractivity contribution is 9.10. The van der Waals surface area contributed by atoms with Gasteiger partial charge in [0.2, 0.25) is 0 Å². The lowest BCUT2D eigenvalue weighted by Gasteiger charge is -2.20. The first kappa shape index (κ1) is 17.2. The van der Waals surface area contributed by atoms with E-state index in [-0.39, 0.29) is 0 Å². The number of alkyl halides is 1. The Hall–Kier alpha value is -0.580. The molecule has 2 aromatic rings. The minimum atomic E-state index is 0.542. The first-order valence-corrected chi connectivity index (χ1v) is 10.5. The molecule has 0 saturated carbocycles. The van der Waals surface area contributed by atoms with Gasteiger partial charge in [0.15, 0.2) is 0 Å². The Labute approximate surface area is 155 Å². The number of likely N-dealkylation sites (tertiary alicyclic amines) is 1. The Kier molecular flexibility index (Phi) is 5.05. The molecule has 0 amide bonds. The van der Waals surface area contributed by atoms with Crippen molar-refractivity contribution in [3.8, 4) is 0 Å². The fraction of sp³-hybridized carbons (Fsp3) is 0.474. The van der Waals surface area contributed by atoms with Gasteiger partial charge in [0.1, 0.15) is 0 Å². The molecule has 2 heterocycles. The van der Waals surface area contributed by atoms with Crippen LogP contribution >= 0.6 is 31.9 Å². The van der Waals surface area contributed by atoms with Crippen molar-refractivity contribution >= 4 is 48.8 Å². The number of aromatic amines is 1. The summed E-state index contributed by atoms with van der Waals surface area (Å²) in [6.45, 7) is 5.88. The molecule has 2 aliphatic rings. The second-order valence-corrected chi connectivity index (χ2v) is 7.63. The number of nitrogens with zero attached hydrogens (tertiary/aromatic N) is 1. The quantitative estimate of drug-likeness (QED) is 0.583. The number of hydrogen-bond acceptors (Lipinski definition) is 1. The Morgan fingerprint density at radius 1 is 1.26 bits per heavy atom. The normalized spacial score (nSPS) is 23.3. The second-order valence-electron chi connectivity index (χ2n) is 6.84. The van der Waals surface area contributed by atoms with Gasteiger partial charge in [-0.3, -0.25) is 4.90 Å². The maximum Gasteiger partial charge on any atom is 0.0864 e. The summed E-state index contributed by atoms with van der Waals surface area (Å²) in [4.78, 5) is 6.02. The molecule has 23 heavy (non-hydrogen) atoms. The van der Waals surface area contributed by atoms with Crippen LogP contribution in [-0.4, -0.2) is 35.4 Å². The molecule has 1 aliphatic heterocycles. The van der Waals surface area contributed by atoms with E-state index in [9.17, 15) is 0 Å². The van der Waals surface area contributed by atoms with E-state index in [1.165, 1.54) is 28.6 Å². The SMILES string of the molecule is CBr.CC(C)C1CN(C)C2Cc3c(Br)[nH]c4cccc(c34)C=C12. The summed E-state index contributed by atoms with van der Waals surface area (Å²) < 4.78 is 1.15. The van der Waals surface area contributed by atoms with E-state index < -0.39 is 0 Å². The Morgan fingerprint density at radius 2 is 2.00 bits per heavy atom. The van der Waals surface area contributed by atoms with Gasteiger partial charge in [-0.05, 0) is 69.8 Å². The van der Waals surface area contributed by atoms with Crippen molar-refractivity contribution in [3.05, 3.63) is 39.5 Å². The summed E-state index contributed by atoms with van der Waals surface area (Å²) in [5.41, 5.74) is 5.69.